The summed E-state index contributed by atoms with van der Waals surface area (Å²) in [4.78, 5) is 24.1. The molecule has 49 heavy (non-hydrogen) atoms. The van der Waals surface area contributed by atoms with Crippen LogP contribution in [0.15, 0.2) is 36.4 Å². The third-order valence-electron chi connectivity index (χ3n) is 11.8. The van der Waals surface area contributed by atoms with Gasteiger partial charge in [-0.2, -0.15) is 0 Å². The Hall–Kier alpha value is -2.93. The number of aliphatic hydroxyl groups is 4. The summed E-state index contributed by atoms with van der Waals surface area (Å²) in [7, 11) is 0. The van der Waals surface area contributed by atoms with Crippen molar-refractivity contribution in [3.63, 3.8) is 0 Å². The number of nitrogens with one attached hydrogen (secondary N) is 1. The zero-order valence-corrected chi connectivity index (χ0v) is 28.3. The lowest BCUT2D eigenvalue weighted by atomic mass is 9.68. The van der Waals surface area contributed by atoms with E-state index in [4.69, 9.17) is 9.47 Å². The number of rotatable bonds is 10. The first-order valence-corrected chi connectivity index (χ1v) is 18.0. The van der Waals surface area contributed by atoms with E-state index in [-0.39, 0.29) is 42.9 Å². The second-order valence-corrected chi connectivity index (χ2v) is 14.7. The summed E-state index contributed by atoms with van der Waals surface area (Å²) in [6, 6.07) is 8.78. The van der Waals surface area contributed by atoms with Gasteiger partial charge in [-0.15, -0.1) is 0 Å². The van der Waals surface area contributed by atoms with Crippen LogP contribution in [-0.4, -0.2) is 73.8 Å². The molecule has 0 aromatic heterocycles. The number of hydrogen-bond acceptors (Lipinski definition) is 9. The van der Waals surface area contributed by atoms with E-state index in [9.17, 15) is 35.1 Å². The van der Waals surface area contributed by atoms with Crippen molar-refractivity contribution >= 4 is 11.8 Å². The monoisotopic (exact) mass is 683 g/mol. The van der Waals surface area contributed by atoms with Gasteiger partial charge in [-0.25, -0.2) is 4.39 Å². The van der Waals surface area contributed by atoms with E-state index in [0.717, 1.165) is 57.9 Å². The van der Waals surface area contributed by atoms with Crippen molar-refractivity contribution in [1.82, 2.24) is 5.32 Å². The topological polar surface area (TPSA) is 166 Å². The molecule has 2 aromatic rings. The van der Waals surface area contributed by atoms with Crippen LogP contribution in [0, 0.1) is 11.7 Å². The lowest BCUT2D eigenvalue weighted by Crippen LogP contribution is -2.69. The number of aliphatic carboxylic acids is 1. The lowest BCUT2D eigenvalue weighted by Gasteiger charge is -2.45. The fourth-order valence-electron chi connectivity index (χ4n) is 8.64. The third kappa shape index (κ3) is 6.54. The number of carbonyl (C=O) groups is 2. The Balaban J connectivity index is 0.000000291. The molecule has 11 heteroatoms. The molecule has 3 unspecified atom stereocenters. The van der Waals surface area contributed by atoms with E-state index in [1.54, 1.807) is 12.1 Å². The van der Waals surface area contributed by atoms with Gasteiger partial charge in [0, 0.05) is 36.4 Å². The van der Waals surface area contributed by atoms with Crippen molar-refractivity contribution in [2.24, 2.45) is 5.92 Å². The summed E-state index contributed by atoms with van der Waals surface area (Å²) in [5, 5.41) is 56.5. The fourth-order valence-corrected chi connectivity index (χ4v) is 8.64. The Morgan fingerprint density at radius 2 is 1.71 bits per heavy atom. The highest BCUT2D eigenvalue weighted by atomic mass is 19.1. The number of benzene rings is 2. The second-order valence-electron chi connectivity index (χ2n) is 14.7. The maximum absolute atomic E-state index is 15.2. The molecular weight excluding hydrogens is 633 g/mol. The number of carboxylic acid groups (broad SMARTS) is 1. The number of ketones is 1. The van der Waals surface area contributed by atoms with Gasteiger partial charge in [-0.3, -0.25) is 9.59 Å². The normalized spacial score (nSPS) is 26.4. The minimum Gasteiger partial charge on any atom is -0.490 e. The van der Waals surface area contributed by atoms with E-state index in [2.05, 4.69) is 5.32 Å². The zero-order chi connectivity index (χ0) is 35.0. The Morgan fingerprint density at radius 3 is 2.24 bits per heavy atom. The number of carbonyl (C=O) groups excluding carboxylic acids is 1. The van der Waals surface area contributed by atoms with Crippen LogP contribution in [0.2, 0.25) is 0 Å². The molecule has 5 fully saturated rings. The first-order chi connectivity index (χ1) is 23.3. The summed E-state index contributed by atoms with van der Waals surface area (Å²) in [6.45, 7) is 2.87. The van der Waals surface area contributed by atoms with Crippen LogP contribution in [-0.2, 0) is 19.7 Å². The van der Waals surface area contributed by atoms with Crippen LogP contribution in [0.1, 0.15) is 114 Å². The van der Waals surface area contributed by atoms with Gasteiger partial charge in [0.1, 0.15) is 17.3 Å². The average molecular weight is 684 g/mol. The first-order valence-electron chi connectivity index (χ1n) is 18.0. The summed E-state index contributed by atoms with van der Waals surface area (Å²) >= 11 is 0. The average Bonchev–Trinajstić information content (AvgIpc) is 3.79. The summed E-state index contributed by atoms with van der Waals surface area (Å²) in [5.74, 6) is -7.65. The van der Waals surface area contributed by atoms with Gasteiger partial charge in [-0.1, -0.05) is 31.5 Å². The van der Waals surface area contributed by atoms with E-state index in [1.165, 1.54) is 43.5 Å². The molecule has 1 spiro atoms. The quantitative estimate of drug-likeness (QED) is 0.187. The molecule has 2 saturated heterocycles. The molecule has 3 saturated carbocycles. The third-order valence-corrected chi connectivity index (χ3v) is 11.8. The number of carboxylic acids is 1. The molecule has 7 rings (SSSR count). The van der Waals surface area contributed by atoms with Crippen molar-refractivity contribution < 1.29 is 49.0 Å². The number of ether oxygens (including phenoxy) is 2. The molecule has 2 aromatic carbocycles. The summed E-state index contributed by atoms with van der Waals surface area (Å²) in [5.41, 5.74) is -1.66. The molecule has 0 bridgehead atoms. The fraction of sp³-hybridized carbons (Fsp3) is 0.632. The van der Waals surface area contributed by atoms with Crippen LogP contribution in [0.25, 0.3) is 11.1 Å². The molecule has 3 atom stereocenters. The van der Waals surface area contributed by atoms with Crippen LogP contribution in [0.4, 0.5) is 4.39 Å². The molecular formula is C38H50FNO9. The highest BCUT2D eigenvalue weighted by Crippen LogP contribution is 2.51. The van der Waals surface area contributed by atoms with Crippen LogP contribution in [0.3, 0.4) is 0 Å². The van der Waals surface area contributed by atoms with Crippen molar-refractivity contribution in [1.29, 1.82) is 0 Å². The molecule has 6 N–H and O–H groups in total. The second kappa shape index (κ2) is 14.0. The van der Waals surface area contributed by atoms with Crippen molar-refractivity contribution in [2.75, 3.05) is 13.2 Å². The van der Waals surface area contributed by atoms with Gasteiger partial charge in [0.25, 0.3) is 0 Å². The van der Waals surface area contributed by atoms with Crippen LogP contribution in [0.5, 0.6) is 5.75 Å². The zero-order valence-electron chi connectivity index (χ0n) is 28.3. The summed E-state index contributed by atoms with van der Waals surface area (Å²) < 4.78 is 26.8. The van der Waals surface area contributed by atoms with Gasteiger partial charge in [0.05, 0.1) is 12.7 Å². The molecule has 5 aliphatic rings. The molecule has 0 amide bonds. The Morgan fingerprint density at radius 1 is 0.980 bits per heavy atom. The van der Waals surface area contributed by atoms with Gasteiger partial charge in [0.2, 0.25) is 5.41 Å². The lowest BCUT2D eigenvalue weighted by molar-refractivity contribution is -0.395. The minimum atomic E-state index is -3.90. The largest absolute Gasteiger partial charge is 0.490 e. The molecule has 268 valence electrons. The Kier molecular flexibility index (Phi) is 10.3. The Bertz CT molecular complexity index is 1520. The van der Waals surface area contributed by atoms with Gasteiger partial charge < -0.3 is 40.3 Å². The molecule has 3 aliphatic carbocycles. The number of hydrogen-bond donors (Lipinski definition) is 6. The maximum Gasteiger partial charge on any atom is 0.328 e. The standard InChI is InChI=1S/C28H33FO8.C10H17NO/c29-22-11-4-10-20(24(22)17-6-3-7-17)21-16-18(12-13-23(21)37-19-8-1-2-9-19)27(25(30)31,28(33,34)35)26(32)14-5-15-36-26;1-2-9(12)8-6-10(11-7-8)4-3-5-10/h4,10-13,16-17,19,32-35H,1-3,5-9,14-15H2,(H,30,31);8,11H,2-7H2,1H3. The first kappa shape index (κ1) is 35.9. The summed E-state index contributed by atoms with van der Waals surface area (Å²) in [6.07, 6.45) is 12.0. The van der Waals surface area contributed by atoms with Gasteiger partial charge in [0.15, 0.2) is 5.79 Å². The van der Waals surface area contributed by atoms with E-state index in [1.807, 2.05) is 6.92 Å². The van der Waals surface area contributed by atoms with E-state index in [0.29, 0.717) is 46.1 Å². The molecule has 0 radical (unpaired) electrons. The predicted molar refractivity (Wildman–Crippen MR) is 178 cm³/mol. The maximum atomic E-state index is 15.2. The van der Waals surface area contributed by atoms with E-state index >= 15 is 4.39 Å². The molecule has 2 aliphatic heterocycles. The molecule has 2 heterocycles. The predicted octanol–water partition coefficient (Wildman–Crippen LogP) is 5.03. The van der Waals surface area contributed by atoms with Gasteiger partial charge in [-0.05, 0) is 111 Å². The van der Waals surface area contributed by atoms with Gasteiger partial charge >= 0.3 is 11.9 Å². The highest BCUT2D eigenvalue weighted by Gasteiger charge is 2.71. The number of halogens is 1. The van der Waals surface area contributed by atoms with Crippen LogP contribution < -0.4 is 10.1 Å². The van der Waals surface area contributed by atoms with Crippen molar-refractivity contribution in [3.05, 3.63) is 53.3 Å². The van der Waals surface area contributed by atoms with Crippen molar-refractivity contribution in [3.8, 4) is 16.9 Å². The smallest absolute Gasteiger partial charge is 0.328 e. The molecule has 10 nitrogen and oxygen atoms in total. The van der Waals surface area contributed by atoms with E-state index < -0.39 is 23.1 Å². The van der Waals surface area contributed by atoms with Crippen molar-refractivity contribution in [2.45, 2.75) is 132 Å². The number of Topliss-reactive ketones (excluding diaryl/α,β-unsaturated/α-hetero) is 1. The minimum absolute atomic E-state index is 0.0154. The van der Waals surface area contributed by atoms with Crippen LogP contribution >= 0.6 is 0 Å². The Labute approximate surface area is 286 Å². The SMILES string of the molecule is CCC(=O)C1CNC2(CCC2)C1.O=C(O)C(c1ccc(OC2CCCC2)c(-c2cccc(F)c2C2CCC2)c1)(C(O)(O)O)C1(O)CCCO1. The highest BCUT2D eigenvalue weighted by molar-refractivity contribution is 5.86.